The van der Waals surface area contributed by atoms with Gasteiger partial charge in [0.15, 0.2) is 0 Å². The highest BCUT2D eigenvalue weighted by Crippen LogP contribution is 2.33. The summed E-state index contributed by atoms with van der Waals surface area (Å²) in [6.45, 7) is 0. The van der Waals surface area contributed by atoms with Crippen molar-refractivity contribution in [3.8, 4) is 0 Å². The lowest BCUT2D eigenvalue weighted by atomic mass is 10.3. The number of anilines is 1. The van der Waals surface area contributed by atoms with Gasteiger partial charge in [0.05, 0.1) is 15.6 Å². The third-order valence-electron chi connectivity index (χ3n) is 1.39. The van der Waals surface area contributed by atoms with E-state index in [0.717, 1.165) is 0 Å². The second kappa shape index (κ2) is 3.78. The van der Waals surface area contributed by atoms with E-state index in [2.05, 4.69) is 5.43 Å². The zero-order valence-electron chi connectivity index (χ0n) is 6.25. The number of halogens is 2. The number of nitrogens with zero attached hydrogens (tertiary/aromatic N) is 1. The fraction of sp³-hybridized carbons (Fsp3) is 0. The molecule has 0 saturated carbocycles. The van der Waals surface area contributed by atoms with Gasteiger partial charge in [-0.05, 0) is 6.07 Å². The van der Waals surface area contributed by atoms with Gasteiger partial charge in [-0.1, -0.05) is 23.2 Å². The van der Waals surface area contributed by atoms with Crippen molar-refractivity contribution in [2.45, 2.75) is 0 Å². The van der Waals surface area contributed by atoms with Crippen LogP contribution in [0.5, 0.6) is 0 Å². The number of hydrogen-bond acceptors (Lipinski definition) is 4. The van der Waals surface area contributed by atoms with Crippen molar-refractivity contribution >= 4 is 34.6 Å². The van der Waals surface area contributed by atoms with E-state index in [0.29, 0.717) is 0 Å². The second-order valence-electron chi connectivity index (χ2n) is 2.18. The highest BCUT2D eigenvalue weighted by Gasteiger charge is 2.15. The van der Waals surface area contributed by atoms with Gasteiger partial charge in [-0.15, -0.1) is 0 Å². The molecule has 1 rings (SSSR count). The van der Waals surface area contributed by atoms with E-state index >= 15 is 0 Å². The first kappa shape index (κ1) is 10.0. The zero-order chi connectivity index (χ0) is 10.0. The van der Waals surface area contributed by atoms with Crippen LogP contribution >= 0.6 is 23.2 Å². The summed E-state index contributed by atoms with van der Waals surface area (Å²) in [6, 6.07) is 2.43. The quantitative estimate of drug-likeness (QED) is 0.456. The first-order chi connectivity index (χ1) is 6.06. The second-order valence-corrected chi connectivity index (χ2v) is 3.00. The van der Waals surface area contributed by atoms with E-state index in [1.807, 2.05) is 0 Å². The van der Waals surface area contributed by atoms with Crippen LogP contribution in [-0.2, 0) is 0 Å². The number of nitro benzene ring substituents is 1. The number of rotatable bonds is 2. The molecule has 0 radical (unpaired) electrons. The maximum absolute atomic E-state index is 10.4. The van der Waals surface area contributed by atoms with Crippen LogP contribution in [0.1, 0.15) is 0 Å². The number of benzene rings is 1. The Morgan fingerprint density at radius 2 is 2.00 bits per heavy atom. The van der Waals surface area contributed by atoms with Crippen LogP contribution in [0.4, 0.5) is 11.4 Å². The third kappa shape index (κ3) is 2.00. The Balaban J connectivity index is 3.30. The van der Waals surface area contributed by atoms with E-state index in [1.165, 1.54) is 12.1 Å². The van der Waals surface area contributed by atoms with Crippen LogP contribution in [0.2, 0.25) is 10.0 Å². The lowest BCUT2D eigenvalue weighted by Gasteiger charge is -2.03. The molecule has 0 aromatic heterocycles. The highest BCUT2D eigenvalue weighted by atomic mass is 35.5. The van der Waals surface area contributed by atoms with Gasteiger partial charge in [-0.2, -0.15) is 0 Å². The number of hydrogen-bond donors (Lipinski definition) is 2. The van der Waals surface area contributed by atoms with Crippen molar-refractivity contribution in [2.75, 3.05) is 5.43 Å². The van der Waals surface area contributed by atoms with Gasteiger partial charge < -0.3 is 5.43 Å². The highest BCUT2D eigenvalue weighted by molar-refractivity contribution is 6.37. The molecule has 0 fully saturated rings. The summed E-state index contributed by atoms with van der Waals surface area (Å²) in [4.78, 5) is 9.80. The van der Waals surface area contributed by atoms with Crippen molar-refractivity contribution in [1.82, 2.24) is 0 Å². The van der Waals surface area contributed by atoms with Crippen molar-refractivity contribution < 1.29 is 4.92 Å². The van der Waals surface area contributed by atoms with Gasteiger partial charge in [0.25, 0.3) is 5.69 Å². The minimum absolute atomic E-state index is 0.0194. The number of nitrogens with two attached hydrogens (primary N) is 1. The predicted octanol–water partition coefficient (Wildman–Crippen LogP) is 2.19. The summed E-state index contributed by atoms with van der Waals surface area (Å²) < 4.78 is 0. The van der Waals surface area contributed by atoms with Crippen LogP contribution < -0.4 is 11.3 Å². The summed E-state index contributed by atoms with van der Waals surface area (Å²) in [7, 11) is 0. The molecule has 0 aliphatic heterocycles. The molecular formula is C6H5Cl2N3O2. The summed E-state index contributed by atoms with van der Waals surface area (Å²) in [5.41, 5.74) is 2.25. The predicted molar refractivity (Wildman–Crippen MR) is 50.9 cm³/mol. The molecule has 0 saturated heterocycles. The van der Waals surface area contributed by atoms with E-state index < -0.39 is 4.92 Å². The average Bonchev–Trinajstić information content (AvgIpc) is 2.03. The van der Waals surface area contributed by atoms with Gasteiger partial charge >= 0.3 is 0 Å². The Kier molecular flexibility index (Phi) is 2.92. The summed E-state index contributed by atoms with van der Waals surface area (Å²) >= 11 is 11.2. The minimum atomic E-state index is -0.612. The lowest BCUT2D eigenvalue weighted by Crippen LogP contribution is -2.07. The van der Waals surface area contributed by atoms with Crippen molar-refractivity contribution in [2.24, 2.45) is 5.84 Å². The molecule has 7 heteroatoms. The van der Waals surface area contributed by atoms with Gasteiger partial charge in [0, 0.05) is 6.07 Å². The maximum atomic E-state index is 10.4. The van der Waals surface area contributed by atoms with Crippen LogP contribution in [-0.4, -0.2) is 4.92 Å². The molecule has 0 amide bonds. The molecular weight excluding hydrogens is 217 g/mol. The van der Waals surface area contributed by atoms with E-state index in [9.17, 15) is 10.1 Å². The van der Waals surface area contributed by atoms with Gasteiger partial charge in [-0.3, -0.25) is 16.0 Å². The molecule has 13 heavy (non-hydrogen) atoms. The maximum Gasteiger partial charge on any atom is 0.290 e. The Morgan fingerprint density at radius 3 is 2.46 bits per heavy atom. The molecule has 0 aliphatic rings. The monoisotopic (exact) mass is 221 g/mol. The van der Waals surface area contributed by atoms with Crippen molar-refractivity contribution in [3.63, 3.8) is 0 Å². The van der Waals surface area contributed by atoms with Crippen LogP contribution in [0.15, 0.2) is 12.1 Å². The van der Waals surface area contributed by atoms with E-state index in [4.69, 9.17) is 29.0 Å². The normalized spacial score (nSPS) is 9.77. The molecule has 3 N–H and O–H groups in total. The number of nitrogens with one attached hydrogen (secondary N) is 1. The van der Waals surface area contributed by atoms with Gasteiger partial charge in [0.2, 0.25) is 0 Å². The molecule has 1 aromatic carbocycles. The number of hydrazine groups is 1. The van der Waals surface area contributed by atoms with Crippen LogP contribution in [0, 0.1) is 10.1 Å². The Bertz CT molecular complexity index is 356. The zero-order valence-corrected chi connectivity index (χ0v) is 7.76. The topological polar surface area (TPSA) is 81.2 Å². The smallest absolute Gasteiger partial charge is 0.290 e. The summed E-state index contributed by atoms with van der Waals surface area (Å²) in [5.74, 6) is 5.07. The molecule has 0 spiro atoms. The first-order valence-corrected chi connectivity index (χ1v) is 3.92. The third-order valence-corrected chi connectivity index (χ3v) is 2.00. The Labute approximate surface area is 83.6 Å². The molecule has 1 aromatic rings. The molecule has 0 aliphatic carbocycles. The van der Waals surface area contributed by atoms with Gasteiger partial charge in [-0.25, -0.2) is 0 Å². The molecule has 70 valence electrons. The largest absolute Gasteiger partial charge is 0.322 e. The molecule has 0 atom stereocenters. The fourth-order valence-corrected chi connectivity index (χ4v) is 1.29. The molecule has 5 nitrogen and oxygen atoms in total. The number of nitrogen functional groups attached to an aromatic ring is 1. The summed E-state index contributed by atoms with van der Waals surface area (Å²) in [6.07, 6.45) is 0. The van der Waals surface area contributed by atoms with Crippen molar-refractivity contribution in [1.29, 1.82) is 0 Å². The number of nitro groups is 1. The SMILES string of the molecule is NNc1cc([N+](=O)[O-])c(Cl)cc1Cl. The summed E-state index contributed by atoms with van der Waals surface area (Å²) in [5, 5.41) is 10.6. The fourth-order valence-electron chi connectivity index (χ4n) is 0.788. The minimum Gasteiger partial charge on any atom is -0.322 e. The molecule has 0 heterocycles. The van der Waals surface area contributed by atoms with Crippen LogP contribution in [0.3, 0.4) is 0 Å². The average molecular weight is 222 g/mol. The molecule has 0 bridgehead atoms. The van der Waals surface area contributed by atoms with E-state index in [1.54, 1.807) is 0 Å². The van der Waals surface area contributed by atoms with Gasteiger partial charge in [0.1, 0.15) is 5.02 Å². The van der Waals surface area contributed by atoms with E-state index in [-0.39, 0.29) is 21.4 Å². The standard InChI is InChI=1S/C6H5Cl2N3O2/c7-3-1-4(8)6(11(12)13)2-5(3)10-9/h1-2,10H,9H2. The Hall–Kier alpha value is -1.04. The Morgan fingerprint density at radius 1 is 1.38 bits per heavy atom. The lowest BCUT2D eigenvalue weighted by molar-refractivity contribution is -0.384. The first-order valence-electron chi connectivity index (χ1n) is 3.16. The molecule has 0 unspecified atom stereocenters. The van der Waals surface area contributed by atoms with Crippen molar-refractivity contribution in [3.05, 3.63) is 32.3 Å². The van der Waals surface area contributed by atoms with Crippen LogP contribution in [0.25, 0.3) is 0 Å².